The second-order valence-corrected chi connectivity index (χ2v) is 15.0. The summed E-state index contributed by atoms with van der Waals surface area (Å²) < 4.78 is 0. The van der Waals surface area contributed by atoms with Crippen LogP contribution in [0.15, 0.2) is 41.6 Å². The van der Waals surface area contributed by atoms with Crippen LogP contribution in [0.4, 0.5) is 5.69 Å². The van der Waals surface area contributed by atoms with Crippen LogP contribution in [0.5, 0.6) is 0 Å². The van der Waals surface area contributed by atoms with Gasteiger partial charge in [0, 0.05) is 49.8 Å². The van der Waals surface area contributed by atoms with Crippen molar-refractivity contribution in [2.45, 2.75) is 97.0 Å². The molecule has 0 atom stereocenters. The normalized spacial score (nSPS) is 18.3. The summed E-state index contributed by atoms with van der Waals surface area (Å²) in [6.45, 7) is 13.3. The summed E-state index contributed by atoms with van der Waals surface area (Å²) in [5, 5.41) is 6.86. The Kier molecular flexibility index (Phi) is 7.61. The smallest absolute Gasteiger partial charge is 0.254 e. The van der Waals surface area contributed by atoms with Crippen molar-refractivity contribution in [2.24, 2.45) is 5.16 Å². The highest BCUT2D eigenvalue weighted by Gasteiger charge is 2.40. The molecule has 3 aliphatic heterocycles. The minimum absolute atomic E-state index is 0.00973. The maximum atomic E-state index is 14.1. The molecule has 0 saturated heterocycles. The molecule has 0 spiro atoms. The van der Waals surface area contributed by atoms with Gasteiger partial charge in [-0.2, -0.15) is 0 Å². The van der Waals surface area contributed by atoms with Crippen LogP contribution >= 0.6 is 0 Å². The van der Waals surface area contributed by atoms with Crippen molar-refractivity contribution in [1.82, 2.24) is 4.90 Å². The highest BCUT2D eigenvalue weighted by Crippen LogP contribution is 2.51. The molecule has 1 aliphatic carbocycles. The van der Waals surface area contributed by atoms with E-state index in [0.29, 0.717) is 19.4 Å². The molecular weight excluding hydrogens is 570 g/mol. The number of amides is 1. The molecule has 7 rings (SSSR count). The maximum Gasteiger partial charge on any atom is 0.254 e. The molecule has 3 aromatic carbocycles. The van der Waals surface area contributed by atoms with Gasteiger partial charge in [0.15, 0.2) is 0 Å². The number of Topliss-reactive ketones (excluding diaryl/α,β-unsaturated/α-hetero) is 1. The fraction of sp³-hybridized carbons (Fsp3) is 0.475. The minimum atomic E-state index is -0.295. The Bertz CT molecular complexity index is 1880. The van der Waals surface area contributed by atoms with Gasteiger partial charge in [0.05, 0.1) is 0 Å². The van der Waals surface area contributed by atoms with E-state index in [1.165, 1.54) is 49.9 Å². The number of anilines is 1. The van der Waals surface area contributed by atoms with Crippen LogP contribution in [0, 0.1) is 0 Å². The molecule has 46 heavy (non-hydrogen) atoms. The molecule has 1 amide bonds. The lowest BCUT2D eigenvalue weighted by Crippen LogP contribution is -2.40. The number of fused-ring (bicyclic) bond motifs is 4. The van der Waals surface area contributed by atoms with Gasteiger partial charge in [-0.15, -0.1) is 0 Å². The molecule has 0 saturated carbocycles. The number of ketones is 1. The van der Waals surface area contributed by atoms with E-state index in [-0.39, 0.29) is 22.7 Å². The van der Waals surface area contributed by atoms with Crippen LogP contribution in [-0.2, 0) is 34.3 Å². The molecule has 240 valence electrons. The molecule has 6 heteroatoms. The van der Waals surface area contributed by atoms with Crippen LogP contribution in [0.1, 0.15) is 110 Å². The predicted molar refractivity (Wildman–Crippen MR) is 184 cm³/mol. The maximum absolute atomic E-state index is 14.1. The summed E-state index contributed by atoms with van der Waals surface area (Å²) in [6, 6.07) is 12.8. The van der Waals surface area contributed by atoms with Gasteiger partial charge in [-0.1, -0.05) is 37.2 Å². The molecule has 0 radical (unpaired) electrons. The Morgan fingerprint density at radius 3 is 2.50 bits per heavy atom. The Morgan fingerprint density at radius 1 is 1.00 bits per heavy atom. The quantitative estimate of drug-likeness (QED) is 0.329. The fourth-order valence-corrected chi connectivity index (χ4v) is 8.43. The van der Waals surface area contributed by atoms with Gasteiger partial charge in [0.1, 0.15) is 16.7 Å². The first kappa shape index (κ1) is 30.7. The molecule has 0 unspecified atom stereocenters. The highest BCUT2D eigenvalue weighted by atomic mass is 16.6. The summed E-state index contributed by atoms with van der Waals surface area (Å²) in [5.74, 6) is 0.168. The first-order chi connectivity index (χ1) is 22.0. The lowest BCUT2D eigenvalue weighted by molar-refractivity contribution is -0.117. The monoisotopic (exact) mass is 617 g/mol. The van der Waals surface area contributed by atoms with Gasteiger partial charge in [-0.3, -0.25) is 4.79 Å². The summed E-state index contributed by atoms with van der Waals surface area (Å²) in [6.07, 6.45) is 9.77. The molecule has 6 nitrogen and oxygen atoms in total. The van der Waals surface area contributed by atoms with Gasteiger partial charge in [0.25, 0.3) is 5.91 Å². The molecule has 3 heterocycles. The SMILES string of the molecule is CC(=O)CCCN(C)C(=O)c1ccccc1-c1c2c(c3c4c1CCCN4CCC3)C(C)(C)c1cc3c(cc1=C2)CCC(C)(C)ON=3. The summed E-state index contributed by atoms with van der Waals surface area (Å²) >= 11 is 0. The van der Waals surface area contributed by atoms with Crippen molar-refractivity contribution in [3.05, 3.63) is 85.9 Å². The summed E-state index contributed by atoms with van der Waals surface area (Å²) in [5.41, 5.74) is 11.9. The van der Waals surface area contributed by atoms with Crippen molar-refractivity contribution in [3.63, 3.8) is 0 Å². The zero-order valence-electron chi connectivity index (χ0n) is 28.4. The lowest BCUT2D eigenvalue weighted by Gasteiger charge is -2.44. The molecule has 0 aromatic heterocycles. The Hall–Kier alpha value is -3.93. The number of rotatable bonds is 6. The largest absolute Gasteiger partial charge is 0.389 e. The standard InChI is InChI=1S/C40H47N3O3/c1-25(44)12-9-19-42(6)38(45)29-14-8-7-13-28(29)35-30-15-10-20-43-21-11-16-31(37(30)43)36-32(35)23-27-22-26-17-18-39(2,3)46-41-34(26)24-33(27)40(36,4)5/h7-8,13-14,22-24H,9-12,15-21H2,1-6H3. The lowest BCUT2D eigenvalue weighted by atomic mass is 9.65. The molecular formula is C40H47N3O3. The van der Waals surface area contributed by atoms with Gasteiger partial charge in [-0.25, -0.2) is 0 Å². The second kappa shape index (κ2) is 11.4. The molecule has 3 aromatic rings. The van der Waals surface area contributed by atoms with E-state index in [0.717, 1.165) is 68.1 Å². The third-order valence-corrected chi connectivity index (χ3v) is 10.8. The van der Waals surface area contributed by atoms with Crippen LogP contribution in [-0.4, -0.2) is 48.9 Å². The summed E-state index contributed by atoms with van der Waals surface area (Å²) in [4.78, 5) is 36.1. The average molecular weight is 618 g/mol. The van der Waals surface area contributed by atoms with Gasteiger partial charge < -0.3 is 19.4 Å². The van der Waals surface area contributed by atoms with Crippen molar-refractivity contribution in [3.8, 4) is 11.1 Å². The molecule has 4 aliphatic rings. The Labute approximate surface area is 273 Å². The molecule has 0 N–H and O–H groups in total. The number of benzene rings is 3. The van der Waals surface area contributed by atoms with Crippen molar-refractivity contribution < 1.29 is 14.4 Å². The van der Waals surface area contributed by atoms with Crippen LogP contribution < -0.4 is 15.5 Å². The van der Waals surface area contributed by atoms with Gasteiger partial charge in [0.2, 0.25) is 0 Å². The highest BCUT2D eigenvalue weighted by molar-refractivity contribution is 6.03. The van der Waals surface area contributed by atoms with E-state index in [1.54, 1.807) is 11.8 Å². The molecule has 0 fully saturated rings. The number of carbonyl (C=O) groups is 2. The Morgan fingerprint density at radius 2 is 1.74 bits per heavy atom. The van der Waals surface area contributed by atoms with E-state index >= 15 is 0 Å². The average Bonchev–Trinajstić information content (AvgIpc) is 3.17. The predicted octanol–water partition coefficient (Wildman–Crippen LogP) is 6.24. The zero-order valence-corrected chi connectivity index (χ0v) is 28.4. The van der Waals surface area contributed by atoms with Crippen molar-refractivity contribution >= 4 is 23.5 Å². The topological polar surface area (TPSA) is 62.2 Å². The fourth-order valence-electron chi connectivity index (χ4n) is 8.43. The van der Waals surface area contributed by atoms with Gasteiger partial charge in [-0.05, 0) is 140 Å². The number of nitrogens with zero attached hydrogens (tertiary/aromatic N) is 3. The number of carbonyl (C=O) groups excluding carboxylic acids is 2. The zero-order chi connectivity index (χ0) is 32.4. The molecule has 0 bridgehead atoms. The third kappa shape index (κ3) is 5.14. The summed E-state index contributed by atoms with van der Waals surface area (Å²) in [7, 11) is 1.86. The van der Waals surface area contributed by atoms with E-state index in [2.05, 4.69) is 68.1 Å². The number of aryl methyl sites for hydroxylation is 1. The van der Waals surface area contributed by atoms with Crippen molar-refractivity contribution in [1.29, 1.82) is 0 Å². The first-order valence-electron chi connectivity index (χ1n) is 17.2. The Balaban J connectivity index is 1.48. The first-order valence-corrected chi connectivity index (χ1v) is 17.2. The number of hydrogen-bond donors (Lipinski definition) is 0. The number of hydrogen-bond acceptors (Lipinski definition) is 5. The minimum Gasteiger partial charge on any atom is -0.389 e. The van der Waals surface area contributed by atoms with Crippen LogP contribution in [0.3, 0.4) is 0 Å². The van der Waals surface area contributed by atoms with E-state index < -0.39 is 0 Å². The van der Waals surface area contributed by atoms with E-state index in [1.807, 2.05) is 19.2 Å². The van der Waals surface area contributed by atoms with E-state index in [9.17, 15) is 9.59 Å². The van der Waals surface area contributed by atoms with Gasteiger partial charge >= 0.3 is 0 Å². The van der Waals surface area contributed by atoms with Crippen molar-refractivity contribution in [2.75, 3.05) is 31.6 Å². The van der Waals surface area contributed by atoms with Crippen LogP contribution in [0.2, 0.25) is 0 Å². The third-order valence-electron chi connectivity index (χ3n) is 10.8. The van der Waals surface area contributed by atoms with E-state index in [4.69, 9.17) is 4.84 Å². The van der Waals surface area contributed by atoms with Crippen LogP contribution in [0.25, 0.3) is 17.2 Å². The second-order valence-electron chi connectivity index (χ2n) is 15.0.